The summed E-state index contributed by atoms with van der Waals surface area (Å²) in [4.78, 5) is 41.2. The SMILES string of the molecule is CC(C)(C)c1ccccc1OCCNC(=O)[C@@H](NC(=O)C(Cc1ccc(C(=N)N)cc1)C(=O)NCc1ccccc1)C1CCCCC1.Cl. The predicted molar refractivity (Wildman–Crippen MR) is 192 cm³/mol. The van der Waals surface area contributed by atoms with Gasteiger partial charge in [-0.2, -0.15) is 0 Å². The van der Waals surface area contributed by atoms with E-state index in [1.165, 1.54) is 0 Å². The number of benzene rings is 3. The predicted octanol–water partition coefficient (Wildman–Crippen LogP) is 5.43. The number of rotatable bonds is 14. The Morgan fingerprint density at radius 2 is 1.48 bits per heavy atom. The van der Waals surface area contributed by atoms with Crippen molar-refractivity contribution < 1.29 is 19.1 Å². The first kappa shape index (κ1) is 38.1. The number of halogens is 1. The van der Waals surface area contributed by atoms with Crippen molar-refractivity contribution in [3.05, 3.63) is 101 Å². The van der Waals surface area contributed by atoms with Crippen molar-refractivity contribution in [2.75, 3.05) is 13.2 Å². The normalized spacial score (nSPS) is 14.5. The molecule has 0 aliphatic heterocycles. The van der Waals surface area contributed by atoms with Crippen LogP contribution in [-0.4, -0.2) is 42.8 Å². The van der Waals surface area contributed by atoms with Crippen LogP contribution in [0.15, 0.2) is 78.9 Å². The molecule has 2 atom stereocenters. The summed E-state index contributed by atoms with van der Waals surface area (Å²) >= 11 is 0. The average molecular weight is 676 g/mol. The number of amidine groups is 1. The fourth-order valence-corrected chi connectivity index (χ4v) is 6.04. The molecule has 0 spiro atoms. The second-order valence-electron chi connectivity index (χ2n) is 13.3. The molecule has 1 fully saturated rings. The van der Waals surface area contributed by atoms with E-state index in [2.05, 4.69) is 36.7 Å². The lowest BCUT2D eigenvalue weighted by Gasteiger charge is -2.31. The van der Waals surface area contributed by atoms with Crippen molar-refractivity contribution in [3.63, 3.8) is 0 Å². The van der Waals surface area contributed by atoms with Gasteiger partial charge in [-0.3, -0.25) is 19.8 Å². The average Bonchev–Trinajstić information content (AvgIpc) is 3.07. The molecule has 1 aliphatic rings. The molecule has 1 aliphatic carbocycles. The third-order valence-corrected chi connectivity index (χ3v) is 8.70. The quantitative estimate of drug-likeness (QED) is 0.0670. The fraction of sp³-hybridized carbons (Fsp3) is 0.421. The number of carbonyl (C=O) groups is 3. The first-order chi connectivity index (χ1) is 22.5. The van der Waals surface area contributed by atoms with E-state index in [9.17, 15) is 14.4 Å². The monoisotopic (exact) mass is 675 g/mol. The van der Waals surface area contributed by atoms with Gasteiger partial charge in [-0.1, -0.05) is 113 Å². The number of hydrogen-bond donors (Lipinski definition) is 5. The number of ether oxygens (including phenoxy) is 1. The second-order valence-corrected chi connectivity index (χ2v) is 13.3. The molecule has 9 nitrogen and oxygen atoms in total. The van der Waals surface area contributed by atoms with Crippen LogP contribution in [0.1, 0.15) is 75.1 Å². The molecule has 3 aromatic carbocycles. The van der Waals surface area contributed by atoms with E-state index < -0.39 is 23.8 Å². The molecule has 10 heteroatoms. The lowest BCUT2D eigenvalue weighted by molar-refractivity contribution is -0.138. The molecular formula is C38H50ClN5O4. The third kappa shape index (κ3) is 11.1. The van der Waals surface area contributed by atoms with E-state index in [0.717, 1.165) is 54.5 Å². The van der Waals surface area contributed by atoms with Crippen molar-refractivity contribution in [1.29, 1.82) is 5.41 Å². The molecule has 6 N–H and O–H groups in total. The molecule has 258 valence electrons. The molecule has 0 radical (unpaired) electrons. The van der Waals surface area contributed by atoms with Gasteiger partial charge in [0.25, 0.3) is 0 Å². The smallest absolute Gasteiger partial charge is 0.242 e. The standard InChI is InChI=1S/C38H49N5O4.ClH/c1-38(2,3)31-16-10-11-17-32(31)47-23-22-41-37(46)33(28-14-8-5-9-15-28)43-36(45)30(24-26-18-20-29(21-19-26)34(39)40)35(44)42-25-27-12-6-4-7-13-27;/h4,6-7,10-13,16-21,28,30,33H,5,8-9,14-15,22-25H2,1-3H3,(H3,39,40)(H,41,46)(H,42,44)(H,43,45);1H/t30?,33-;/m0./s1. The number of carbonyl (C=O) groups excluding carboxylic acids is 3. The Hall–Kier alpha value is -4.37. The highest BCUT2D eigenvalue weighted by molar-refractivity contribution is 6.02. The molecule has 0 saturated heterocycles. The van der Waals surface area contributed by atoms with E-state index in [1.54, 1.807) is 24.3 Å². The largest absolute Gasteiger partial charge is 0.491 e. The van der Waals surface area contributed by atoms with Crippen molar-refractivity contribution in [2.45, 2.75) is 77.3 Å². The van der Waals surface area contributed by atoms with Gasteiger partial charge in [0.15, 0.2) is 0 Å². The van der Waals surface area contributed by atoms with Gasteiger partial charge in [-0.15, -0.1) is 12.4 Å². The highest BCUT2D eigenvalue weighted by atomic mass is 35.5. The summed E-state index contributed by atoms with van der Waals surface area (Å²) in [7, 11) is 0. The minimum atomic E-state index is -1.07. The molecular weight excluding hydrogens is 626 g/mol. The molecule has 1 unspecified atom stereocenters. The van der Waals surface area contributed by atoms with E-state index in [1.807, 2.05) is 54.6 Å². The minimum Gasteiger partial charge on any atom is -0.491 e. The first-order valence-electron chi connectivity index (χ1n) is 16.6. The van der Waals surface area contributed by atoms with Crippen LogP contribution in [0, 0.1) is 17.2 Å². The van der Waals surface area contributed by atoms with Gasteiger partial charge in [0, 0.05) is 12.1 Å². The minimum absolute atomic E-state index is 0. The van der Waals surface area contributed by atoms with E-state index in [0.29, 0.717) is 5.56 Å². The topological polar surface area (TPSA) is 146 Å². The highest BCUT2D eigenvalue weighted by Gasteiger charge is 2.35. The Bertz CT molecular complexity index is 1500. The molecule has 3 amide bonds. The van der Waals surface area contributed by atoms with Gasteiger partial charge < -0.3 is 26.4 Å². The van der Waals surface area contributed by atoms with Crippen LogP contribution in [0.25, 0.3) is 0 Å². The van der Waals surface area contributed by atoms with Crippen molar-refractivity contribution in [2.24, 2.45) is 17.6 Å². The van der Waals surface area contributed by atoms with E-state index in [-0.39, 0.29) is 61.6 Å². The zero-order valence-electron chi connectivity index (χ0n) is 28.2. The van der Waals surface area contributed by atoms with Gasteiger partial charge in [0.05, 0.1) is 6.54 Å². The molecule has 0 bridgehead atoms. The molecule has 4 rings (SSSR count). The van der Waals surface area contributed by atoms with Gasteiger partial charge in [0.2, 0.25) is 17.7 Å². The van der Waals surface area contributed by atoms with Gasteiger partial charge >= 0.3 is 0 Å². The maximum Gasteiger partial charge on any atom is 0.242 e. The van der Waals surface area contributed by atoms with E-state index >= 15 is 0 Å². The lowest BCUT2D eigenvalue weighted by atomic mass is 9.83. The van der Waals surface area contributed by atoms with Crippen molar-refractivity contribution in [1.82, 2.24) is 16.0 Å². The fourth-order valence-electron chi connectivity index (χ4n) is 6.04. The maximum absolute atomic E-state index is 13.9. The number of para-hydroxylation sites is 1. The number of nitrogen functional groups attached to an aromatic ring is 1. The molecule has 48 heavy (non-hydrogen) atoms. The Kier molecular flexibility index (Phi) is 14.5. The summed E-state index contributed by atoms with van der Waals surface area (Å²) in [5.74, 6) is -1.56. The summed E-state index contributed by atoms with van der Waals surface area (Å²) in [5, 5.41) is 16.6. The second kappa shape index (κ2) is 18.2. The molecule has 0 aromatic heterocycles. The first-order valence-corrected chi connectivity index (χ1v) is 16.6. The van der Waals surface area contributed by atoms with E-state index in [4.69, 9.17) is 15.9 Å². The number of amides is 3. The van der Waals surface area contributed by atoms with Crippen LogP contribution in [0.4, 0.5) is 0 Å². The van der Waals surface area contributed by atoms with Crippen LogP contribution in [0.5, 0.6) is 5.75 Å². The highest BCUT2D eigenvalue weighted by Crippen LogP contribution is 2.31. The van der Waals surface area contributed by atoms with Gasteiger partial charge in [-0.25, -0.2) is 0 Å². The summed E-state index contributed by atoms with van der Waals surface area (Å²) < 4.78 is 6.07. The molecule has 1 saturated carbocycles. The van der Waals surface area contributed by atoms with Crippen molar-refractivity contribution in [3.8, 4) is 5.75 Å². The van der Waals surface area contributed by atoms with Crippen LogP contribution >= 0.6 is 12.4 Å². The van der Waals surface area contributed by atoms with Crippen LogP contribution < -0.4 is 26.4 Å². The molecule has 0 heterocycles. The Morgan fingerprint density at radius 1 is 0.833 bits per heavy atom. The summed E-state index contributed by atoms with van der Waals surface area (Å²) in [6, 6.07) is 23.6. The summed E-state index contributed by atoms with van der Waals surface area (Å²) in [5.41, 5.74) is 8.84. The summed E-state index contributed by atoms with van der Waals surface area (Å²) in [6.45, 7) is 7.22. The van der Waals surface area contributed by atoms with Crippen LogP contribution in [0.2, 0.25) is 0 Å². The Labute approximate surface area is 290 Å². The zero-order chi connectivity index (χ0) is 33.8. The Balaban J connectivity index is 0.00000625. The van der Waals surface area contributed by atoms with Crippen LogP contribution in [-0.2, 0) is 32.8 Å². The summed E-state index contributed by atoms with van der Waals surface area (Å²) in [6.07, 6.45) is 4.85. The maximum atomic E-state index is 13.9. The lowest BCUT2D eigenvalue weighted by Crippen LogP contribution is -2.55. The van der Waals surface area contributed by atoms with Crippen LogP contribution in [0.3, 0.4) is 0 Å². The molecule has 3 aromatic rings. The Morgan fingerprint density at radius 3 is 2.12 bits per heavy atom. The number of nitrogens with two attached hydrogens (primary N) is 1. The number of nitrogens with one attached hydrogen (secondary N) is 4. The third-order valence-electron chi connectivity index (χ3n) is 8.70. The van der Waals surface area contributed by atoms with Gasteiger partial charge in [0.1, 0.15) is 30.2 Å². The number of hydrogen-bond acceptors (Lipinski definition) is 5. The zero-order valence-corrected chi connectivity index (χ0v) is 29.0. The van der Waals surface area contributed by atoms with Gasteiger partial charge in [-0.05, 0) is 53.4 Å². The van der Waals surface area contributed by atoms with Crippen molar-refractivity contribution >= 4 is 36.0 Å².